The van der Waals surface area contributed by atoms with Gasteiger partial charge in [-0.25, -0.2) is 0 Å². The Morgan fingerprint density at radius 3 is 2.44 bits per heavy atom. The molecule has 3 heteroatoms. The Balaban J connectivity index is 2.46. The van der Waals surface area contributed by atoms with Gasteiger partial charge in [-0.2, -0.15) is 0 Å². The van der Waals surface area contributed by atoms with Crippen LogP contribution in [0.15, 0.2) is 30.3 Å². The van der Waals surface area contributed by atoms with E-state index in [1.54, 1.807) is 0 Å². The molecule has 0 radical (unpaired) electrons. The highest BCUT2D eigenvalue weighted by Crippen LogP contribution is 2.24. The van der Waals surface area contributed by atoms with Crippen LogP contribution >= 0.6 is 0 Å². The highest BCUT2D eigenvalue weighted by molar-refractivity contribution is 5.71. The molecule has 0 heterocycles. The first-order chi connectivity index (χ1) is 8.47. The largest absolute Gasteiger partial charge is 0.438 e. The fourth-order valence-electron chi connectivity index (χ4n) is 1.47. The predicted molar refractivity (Wildman–Crippen MR) is 71.0 cm³/mol. The molecule has 0 fully saturated rings. The van der Waals surface area contributed by atoms with Crippen molar-refractivity contribution in [2.75, 3.05) is 6.79 Å². The average molecular weight is 250 g/mol. The Labute approximate surface area is 109 Å². The van der Waals surface area contributed by atoms with Crippen molar-refractivity contribution >= 4 is 5.97 Å². The van der Waals surface area contributed by atoms with Crippen LogP contribution in [0.25, 0.3) is 0 Å². The molecule has 0 saturated heterocycles. The maximum absolute atomic E-state index is 11.5. The van der Waals surface area contributed by atoms with E-state index in [4.69, 9.17) is 9.47 Å². The van der Waals surface area contributed by atoms with Gasteiger partial charge in [-0.05, 0) is 25.8 Å². The van der Waals surface area contributed by atoms with Crippen molar-refractivity contribution in [1.82, 2.24) is 0 Å². The Hall–Kier alpha value is -1.35. The molecule has 0 aromatic heterocycles. The molecule has 0 saturated carbocycles. The van der Waals surface area contributed by atoms with Crippen LogP contribution in [0.2, 0.25) is 0 Å². The second-order valence-electron chi connectivity index (χ2n) is 4.91. The summed E-state index contributed by atoms with van der Waals surface area (Å²) in [4.78, 5) is 11.5. The van der Waals surface area contributed by atoms with Gasteiger partial charge in [0.25, 0.3) is 0 Å². The standard InChI is InChI=1S/C15H22O3/c1-5-12(2)14(16)17-11-18-15(3,4)13-9-7-6-8-10-13/h6-10,12H,5,11H2,1-4H3. The molecule has 100 valence electrons. The molecule has 1 rings (SSSR count). The maximum atomic E-state index is 11.5. The molecule has 0 N–H and O–H groups in total. The van der Waals surface area contributed by atoms with Crippen LogP contribution in [-0.2, 0) is 19.9 Å². The molecule has 1 unspecified atom stereocenters. The lowest BCUT2D eigenvalue weighted by molar-refractivity contribution is -0.174. The lowest BCUT2D eigenvalue weighted by Crippen LogP contribution is -2.25. The van der Waals surface area contributed by atoms with Crippen LogP contribution in [0.4, 0.5) is 0 Å². The topological polar surface area (TPSA) is 35.5 Å². The summed E-state index contributed by atoms with van der Waals surface area (Å²) >= 11 is 0. The lowest BCUT2D eigenvalue weighted by atomic mass is 9.98. The van der Waals surface area contributed by atoms with Gasteiger partial charge in [0.15, 0.2) is 6.79 Å². The van der Waals surface area contributed by atoms with E-state index >= 15 is 0 Å². The SMILES string of the molecule is CCC(C)C(=O)OCOC(C)(C)c1ccccc1. The summed E-state index contributed by atoms with van der Waals surface area (Å²) in [6, 6.07) is 9.88. The number of hydrogen-bond donors (Lipinski definition) is 0. The summed E-state index contributed by atoms with van der Waals surface area (Å²) in [5.41, 5.74) is 0.598. The average Bonchev–Trinajstić information content (AvgIpc) is 2.38. The van der Waals surface area contributed by atoms with Gasteiger partial charge in [-0.15, -0.1) is 0 Å². The molecule has 1 atom stereocenters. The molecule has 0 aliphatic carbocycles. The smallest absolute Gasteiger partial charge is 0.310 e. The third-order valence-electron chi connectivity index (χ3n) is 3.10. The van der Waals surface area contributed by atoms with E-state index in [-0.39, 0.29) is 18.7 Å². The van der Waals surface area contributed by atoms with Crippen LogP contribution in [0.3, 0.4) is 0 Å². The zero-order valence-corrected chi connectivity index (χ0v) is 11.6. The minimum Gasteiger partial charge on any atom is -0.438 e. The second kappa shape index (κ2) is 6.55. The summed E-state index contributed by atoms with van der Waals surface area (Å²) in [7, 11) is 0. The third-order valence-corrected chi connectivity index (χ3v) is 3.10. The third kappa shape index (κ3) is 4.15. The summed E-state index contributed by atoms with van der Waals surface area (Å²) in [6.07, 6.45) is 0.779. The van der Waals surface area contributed by atoms with Crippen molar-refractivity contribution in [1.29, 1.82) is 0 Å². The zero-order chi connectivity index (χ0) is 13.6. The van der Waals surface area contributed by atoms with Crippen molar-refractivity contribution in [3.8, 4) is 0 Å². The van der Waals surface area contributed by atoms with Gasteiger partial charge in [0.2, 0.25) is 0 Å². The van der Waals surface area contributed by atoms with Crippen LogP contribution < -0.4 is 0 Å². The van der Waals surface area contributed by atoms with Gasteiger partial charge in [0.1, 0.15) is 0 Å². The van der Waals surface area contributed by atoms with Gasteiger partial charge >= 0.3 is 5.97 Å². The molecule has 0 aliphatic heterocycles. The Kier molecular flexibility index (Phi) is 5.35. The quantitative estimate of drug-likeness (QED) is 0.572. The van der Waals surface area contributed by atoms with Gasteiger partial charge in [0, 0.05) is 0 Å². The van der Waals surface area contributed by atoms with Crippen LogP contribution in [0.1, 0.15) is 39.7 Å². The summed E-state index contributed by atoms with van der Waals surface area (Å²) in [5, 5.41) is 0. The van der Waals surface area contributed by atoms with Crippen LogP contribution in [0.5, 0.6) is 0 Å². The molecule has 1 aromatic carbocycles. The van der Waals surface area contributed by atoms with Crippen molar-refractivity contribution in [2.45, 2.75) is 39.7 Å². The normalized spacial score (nSPS) is 13.1. The number of esters is 1. The van der Waals surface area contributed by atoms with Gasteiger partial charge in [-0.1, -0.05) is 44.2 Å². The molecular formula is C15H22O3. The molecule has 18 heavy (non-hydrogen) atoms. The van der Waals surface area contributed by atoms with Gasteiger partial charge < -0.3 is 9.47 Å². The van der Waals surface area contributed by atoms with E-state index in [0.29, 0.717) is 0 Å². The molecule has 3 nitrogen and oxygen atoms in total. The number of benzene rings is 1. The number of ether oxygens (including phenoxy) is 2. The molecule has 0 aliphatic rings. The first kappa shape index (κ1) is 14.7. The fourth-order valence-corrected chi connectivity index (χ4v) is 1.47. The Morgan fingerprint density at radius 2 is 1.89 bits per heavy atom. The van der Waals surface area contributed by atoms with Gasteiger partial charge in [0.05, 0.1) is 11.5 Å². The molecule has 0 amide bonds. The Morgan fingerprint density at radius 1 is 1.28 bits per heavy atom. The van der Waals surface area contributed by atoms with Crippen molar-refractivity contribution in [2.24, 2.45) is 5.92 Å². The maximum Gasteiger partial charge on any atom is 0.310 e. The molecule has 0 bridgehead atoms. The Bertz CT molecular complexity index is 371. The minimum atomic E-state index is -0.461. The molecule has 0 spiro atoms. The molecule has 1 aromatic rings. The first-order valence-electron chi connectivity index (χ1n) is 6.33. The van der Waals surface area contributed by atoms with Crippen LogP contribution in [-0.4, -0.2) is 12.8 Å². The van der Waals surface area contributed by atoms with E-state index in [9.17, 15) is 4.79 Å². The van der Waals surface area contributed by atoms with Gasteiger partial charge in [-0.3, -0.25) is 4.79 Å². The predicted octanol–water partition coefficient (Wildman–Crippen LogP) is 3.49. The molecular weight excluding hydrogens is 228 g/mol. The minimum absolute atomic E-state index is 0.00886. The fraction of sp³-hybridized carbons (Fsp3) is 0.533. The van der Waals surface area contributed by atoms with Crippen molar-refractivity contribution in [3.05, 3.63) is 35.9 Å². The van der Waals surface area contributed by atoms with E-state index in [1.807, 2.05) is 58.0 Å². The summed E-state index contributed by atoms with van der Waals surface area (Å²) < 4.78 is 10.7. The zero-order valence-electron chi connectivity index (χ0n) is 11.6. The summed E-state index contributed by atoms with van der Waals surface area (Å²) in [5.74, 6) is -0.283. The number of carbonyl (C=O) groups is 1. The van der Waals surface area contributed by atoms with E-state index < -0.39 is 5.60 Å². The van der Waals surface area contributed by atoms with E-state index in [0.717, 1.165) is 12.0 Å². The monoisotopic (exact) mass is 250 g/mol. The highest BCUT2D eigenvalue weighted by Gasteiger charge is 2.22. The van der Waals surface area contributed by atoms with Crippen molar-refractivity contribution < 1.29 is 14.3 Å². The first-order valence-corrected chi connectivity index (χ1v) is 6.33. The van der Waals surface area contributed by atoms with E-state index in [2.05, 4.69) is 0 Å². The van der Waals surface area contributed by atoms with Crippen molar-refractivity contribution in [3.63, 3.8) is 0 Å². The highest BCUT2D eigenvalue weighted by atomic mass is 16.7. The summed E-state index contributed by atoms with van der Waals surface area (Å²) in [6.45, 7) is 7.72. The number of carbonyl (C=O) groups excluding carboxylic acids is 1. The second-order valence-corrected chi connectivity index (χ2v) is 4.91. The van der Waals surface area contributed by atoms with E-state index in [1.165, 1.54) is 0 Å². The van der Waals surface area contributed by atoms with Crippen LogP contribution in [0, 0.1) is 5.92 Å². The lowest BCUT2D eigenvalue weighted by Gasteiger charge is -2.25. The number of rotatable bonds is 6. The number of hydrogen-bond acceptors (Lipinski definition) is 3.